The second-order valence-corrected chi connectivity index (χ2v) is 3.06. The van der Waals surface area contributed by atoms with Crippen molar-refractivity contribution in [2.24, 2.45) is 0 Å². The largest absolute Gasteiger partial charge is 0.466 e. The summed E-state index contributed by atoms with van der Waals surface area (Å²) < 4.78 is 6.01. The molecular formula is C9H11N3O4. The monoisotopic (exact) mass is 225 g/mol. The zero-order valence-corrected chi connectivity index (χ0v) is 8.91. The Balaban J connectivity index is 2.67. The number of esters is 1. The van der Waals surface area contributed by atoms with Crippen LogP contribution in [0.15, 0.2) is 24.2 Å². The number of hydrogen-bond donors (Lipinski definition) is 0. The number of nitrogens with zero attached hydrogens (tertiary/aromatic N) is 3. The smallest absolute Gasteiger partial charge is 0.381 e. The normalized spacial score (nSPS) is 11.2. The van der Waals surface area contributed by atoms with E-state index in [2.05, 4.69) is 9.72 Å². The minimum atomic E-state index is -0.576. The average molecular weight is 225 g/mol. The van der Waals surface area contributed by atoms with Gasteiger partial charge in [-0.1, -0.05) is 6.08 Å². The Bertz CT molecular complexity index is 436. The number of methoxy groups -OCH3 is 1. The van der Waals surface area contributed by atoms with Gasteiger partial charge in [-0.2, -0.15) is 0 Å². The molecule has 0 unspecified atom stereocenters. The van der Waals surface area contributed by atoms with E-state index in [4.69, 9.17) is 0 Å². The maximum absolute atomic E-state index is 11.0. The molecule has 0 aliphatic carbocycles. The van der Waals surface area contributed by atoms with Crippen LogP contribution in [-0.2, 0) is 16.1 Å². The zero-order valence-electron chi connectivity index (χ0n) is 8.91. The molecule has 0 aliphatic heterocycles. The van der Waals surface area contributed by atoms with Crippen molar-refractivity contribution in [1.29, 1.82) is 0 Å². The lowest BCUT2D eigenvalue weighted by atomic mass is 10.3. The van der Waals surface area contributed by atoms with Gasteiger partial charge in [-0.25, -0.2) is 4.79 Å². The highest BCUT2D eigenvalue weighted by Crippen LogP contribution is 2.06. The lowest BCUT2D eigenvalue weighted by molar-refractivity contribution is -0.389. The van der Waals surface area contributed by atoms with Gasteiger partial charge in [0.25, 0.3) is 0 Å². The summed E-state index contributed by atoms with van der Waals surface area (Å²) in [4.78, 5) is 24.4. The number of aromatic nitrogens is 2. The molecule has 16 heavy (non-hydrogen) atoms. The molecule has 0 amide bonds. The van der Waals surface area contributed by atoms with Crippen LogP contribution in [0.2, 0.25) is 0 Å². The standard InChI is InChI=1S/C9H11N3O4/c1-7(9(13)16-2)3-4-11-5-8(10-6-11)12(14)15/h3,5-6H,4H2,1-2H3/b7-3-. The number of imidazole rings is 1. The van der Waals surface area contributed by atoms with Crippen LogP contribution < -0.4 is 0 Å². The van der Waals surface area contributed by atoms with Gasteiger partial charge in [-0.3, -0.25) is 0 Å². The quantitative estimate of drug-likeness (QED) is 0.329. The average Bonchev–Trinajstić information content (AvgIpc) is 2.73. The molecule has 0 N–H and O–H groups in total. The Hall–Kier alpha value is -2.18. The van der Waals surface area contributed by atoms with Gasteiger partial charge in [0.1, 0.15) is 6.20 Å². The molecule has 0 atom stereocenters. The zero-order chi connectivity index (χ0) is 12.1. The molecule has 0 aliphatic rings. The first-order valence-corrected chi connectivity index (χ1v) is 4.46. The minimum Gasteiger partial charge on any atom is -0.466 e. The van der Waals surface area contributed by atoms with Crippen LogP contribution in [0, 0.1) is 10.1 Å². The van der Waals surface area contributed by atoms with Gasteiger partial charge in [0.2, 0.25) is 6.33 Å². The third kappa shape index (κ3) is 2.91. The van der Waals surface area contributed by atoms with Crippen LogP contribution >= 0.6 is 0 Å². The van der Waals surface area contributed by atoms with E-state index in [9.17, 15) is 14.9 Å². The summed E-state index contributed by atoms with van der Waals surface area (Å²) in [6.45, 7) is 1.94. The fourth-order valence-corrected chi connectivity index (χ4v) is 1.03. The van der Waals surface area contributed by atoms with Gasteiger partial charge in [0, 0.05) is 12.1 Å². The third-order valence-electron chi connectivity index (χ3n) is 1.92. The summed E-state index contributed by atoms with van der Waals surface area (Å²) in [5, 5.41) is 10.3. The van der Waals surface area contributed by atoms with E-state index in [0.717, 1.165) is 0 Å². The summed E-state index contributed by atoms with van der Waals surface area (Å²) in [5.74, 6) is -0.640. The third-order valence-corrected chi connectivity index (χ3v) is 1.92. The number of nitro groups is 1. The van der Waals surface area contributed by atoms with Crippen molar-refractivity contribution in [3.05, 3.63) is 34.3 Å². The second-order valence-electron chi connectivity index (χ2n) is 3.06. The van der Waals surface area contributed by atoms with Gasteiger partial charge in [-0.05, 0) is 16.8 Å². The molecule has 7 heteroatoms. The molecule has 0 aromatic carbocycles. The highest BCUT2D eigenvalue weighted by Gasteiger charge is 2.09. The van der Waals surface area contributed by atoms with E-state index in [0.29, 0.717) is 12.1 Å². The molecule has 7 nitrogen and oxygen atoms in total. The van der Waals surface area contributed by atoms with Gasteiger partial charge >= 0.3 is 11.8 Å². The molecule has 1 heterocycles. The summed E-state index contributed by atoms with van der Waals surface area (Å²) in [7, 11) is 1.29. The summed E-state index contributed by atoms with van der Waals surface area (Å²) in [6, 6.07) is 0. The Kier molecular flexibility index (Phi) is 3.76. The predicted molar refractivity (Wildman–Crippen MR) is 54.7 cm³/mol. The van der Waals surface area contributed by atoms with Crippen molar-refractivity contribution in [3.8, 4) is 0 Å². The van der Waals surface area contributed by atoms with Crippen LogP contribution in [0.4, 0.5) is 5.82 Å². The number of ether oxygens (including phenoxy) is 1. The van der Waals surface area contributed by atoms with E-state index in [1.165, 1.54) is 24.2 Å². The molecule has 86 valence electrons. The SMILES string of the molecule is COC(=O)/C(C)=C\Cn1cnc([N+](=O)[O-])c1. The molecule has 0 saturated carbocycles. The maximum atomic E-state index is 11.0. The van der Waals surface area contributed by atoms with Crippen molar-refractivity contribution in [2.45, 2.75) is 13.5 Å². The number of hydrogen-bond acceptors (Lipinski definition) is 5. The van der Waals surface area contributed by atoms with Crippen molar-refractivity contribution in [1.82, 2.24) is 9.55 Å². The lowest BCUT2D eigenvalue weighted by Gasteiger charge is -1.98. The summed E-state index contributed by atoms with van der Waals surface area (Å²) >= 11 is 0. The van der Waals surface area contributed by atoms with Crippen molar-refractivity contribution >= 4 is 11.8 Å². The van der Waals surface area contributed by atoms with E-state index >= 15 is 0 Å². The van der Waals surface area contributed by atoms with E-state index in [-0.39, 0.29) is 5.82 Å². The topological polar surface area (TPSA) is 87.3 Å². The highest BCUT2D eigenvalue weighted by atomic mass is 16.6. The first kappa shape index (κ1) is 11.9. The van der Waals surface area contributed by atoms with Crippen molar-refractivity contribution in [3.63, 3.8) is 0 Å². The second kappa shape index (κ2) is 5.06. The molecule has 0 saturated heterocycles. The van der Waals surface area contributed by atoms with Crippen LogP contribution in [0.1, 0.15) is 6.92 Å². The van der Waals surface area contributed by atoms with Gasteiger partial charge in [0.15, 0.2) is 0 Å². The van der Waals surface area contributed by atoms with E-state index < -0.39 is 10.9 Å². The van der Waals surface area contributed by atoms with E-state index in [1.54, 1.807) is 13.0 Å². The predicted octanol–water partition coefficient (Wildman–Crippen LogP) is 0.911. The number of carbonyl (C=O) groups excluding carboxylic acids is 1. The molecule has 0 bridgehead atoms. The Morgan fingerprint density at radius 3 is 2.94 bits per heavy atom. The van der Waals surface area contributed by atoms with Crippen LogP contribution in [-0.4, -0.2) is 27.6 Å². The highest BCUT2D eigenvalue weighted by molar-refractivity contribution is 5.87. The lowest BCUT2D eigenvalue weighted by Crippen LogP contribution is -2.03. The van der Waals surface area contributed by atoms with Crippen molar-refractivity contribution in [2.75, 3.05) is 7.11 Å². The molecule has 1 rings (SSSR count). The van der Waals surface area contributed by atoms with Crippen molar-refractivity contribution < 1.29 is 14.5 Å². The van der Waals surface area contributed by atoms with Gasteiger partial charge in [0.05, 0.1) is 7.11 Å². The Morgan fingerprint density at radius 2 is 2.44 bits per heavy atom. The van der Waals surface area contributed by atoms with E-state index in [1.807, 2.05) is 0 Å². The molecule has 0 radical (unpaired) electrons. The van der Waals surface area contributed by atoms with Gasteiger partial charge in [-0.15, -0.1) is 0 Å². The van der Waals surface area contributed by atoms with Crippen LogP contribution in [0.5, 0.6) is 0 Å². The number of rotatable bonds is 4. The molecular weight excluding hydrogens is 214 g/mol. The fourth-order valence-electron chi connectivity index (χ4n) is 1.03. The first-order valence-electron chi connectivity index (χ1n) is 4.46. The summed E-state index contributed by atoms with van der Waals surface area (Å²) in [6.07, 6.45) is 4.23. The van der Waals surface area contributed by atoms with Gasteiger partial charge < -0.3 is 19.4 Å². The van der Waals surface area contributed by atoms with Crippen LogP contribution in [0.25, 0.3) is 0 Å². The maximum Gasteiger partial charge on any atom is 0.381 e. The molecule has 0 spiro atoms. The molecule has 1 aromatic rings. The first-order chi connectivity index (χ1) is 7.54. The fraction of sp³-hybridized carbons (Fsp3) is 0.333. The summed E-state index contributed by atoms with van der Waals surface area (Å²) in [5.41, 5.74) is 0.443. The Morgan fingerprint density at radius 1 is 1.75 bits per heavy atom. The van der Waals surface area contributed by atoms with Crippen LogP contribution in [0.3, 0.4) is 0 Å². The molecule has 1 aromatic heterocycles. The molecule has 0 fully saturated rings. The Labute approximate surface area is 91.5 Å². The number of allylic oxidation sites excluding steroid dienone is 1. The number of carbonyl (C=O) groups is 1. The minimum absolute atomic E-state index is 0.218.